The summed E-state index contributed by atoms with van der Waals surface area (Å²) in [7, 11) is 23.7. The molecule has 4 N–H and O–H groups in total. The number of anilines is 2. The van der Waals surface area contributed by atoms with Gasteiger partial charge in [0.2, 0.25) is 5.43 Å². The van der Waals surface area contributed by atoms with Gasteiger partial charge < -0.3 is 30.1 Å². The van der Waals surface area contributed by atoms with Crippen LogP contribution < -0.4 is 37.5 Å². The van der Waals surface area contributed by atoms with Crippen molar-refractivity contribution >= 4 is 65.4 Å². The third-order valence-electron chi connectivity index (χ3n) is 8.64. The van der Waals surface area contributed by atoms with Crippen LogP contribution in [0.3, 0.4) is 0 Å². The quantitative estimate of drug-likeness (QED) is 0.218. The Morgan fingerprint density at radius 1 is 1.00 bits per heavy atom. The second-order valence-electron chi connectivity index (χ2n) is 12.0. The predicted octanol–water partition coefficient (Wildman–Crippen LogP) is 1.76. The molecule has 236 valence electrons. The van der Waals surface area contributed by atoms with Crippen LogP contribution in [-0.2, 0) is 11.3 Å². The van der Waals surface area contributed by atoms with E-state index in [2.05, 4.69) is 15.3 Å². The fourth-order valence-corrected chi connectivity index (χ4v) is 5.91. The molecule has 5 aromatic rings. The van der Waals surface area contributed by atoms with E-state index in [4.69, 9.17) is 46.7 Å². The van der Waals surface area contributed by atoms with Gasteiger partial charge >= 0.3 is 8.05 Å². The molecule has 1 saturated heterocycles. The van der Waals surface area contributed by atoms with E-state index in [0.717, 1.165) is 18.4 Å². The Hall–Kier alpha value is -5.22. The second kappa shape index (κ2) is 14.1. The normalized spacial score (nSPS) is 13.2. The number of benzene rings is 2. The topological polar surface area (TPSA) is 142 Å². The lowest BCUT2D eigenvalue weighted by molar-refractivity contribution is 0.0612. The molecule has 49 heavy (non-hydrogen) atoms. The highest BCUT2D eigenvalue weighted by atomic mass is 16.5. The van der Waals surface area contributed by atoms with Crippen molar-refractivity contribution in [1.82, 2.24) is 14.5 Å². The highest BCUT2D eigenvalue weighted by molar-refractivity contribution is 6.56. The van der Waals surface area contributed by atoms with Crippen molar-refractivity contribution in [2.24, 2.45) is 5.92 Å². The molecule has 0 spiro atoms. The molecular formula is C35H29B4N5O5. The molecule has 0 atom stereocenters. The van der Waals surface area contributed by atoms with E-state index in [1.165, 1.54) is 6.20 Å². The number of aromatic nitrogens is 3. The van der Waals surface area contributed by atoms with E-state index >= 15 is 0 Å². The number of nitrogens with two attached hydrogens (primary N) is 1. The van der Waals surface area contributed by atoms with Gasteiger partial charge in [-0.25, -0.2) is 4.98 Å². The maximum atomic E-state index is 13.7. The highest BCUT2D eigenvalue weighted by Gasteiger charge is 2.21. The van der Waals surface area contributed by atoms with Crippen molar-refractivity contribution < 1.29 is 19.3 Å². The first-order chi connectivity index (χ1) is 23.5. The van der Waals surface area contributed by atoms with Crippen LogP contribution in [0.5, 0.6) is 11.5 Å². The van der Waals surface area contributed by atoms with Gasteiger partial charge in [0, 0.05) is 55.8 Å². The van der Waals surface area contributed by atoms with Gasteiger partial charge in [-0.1, -0.05) is 29.1 Å². The first kappa shape index (κ1) is 33.7. The molecule has 0 unspecified atom stereocenters. The van der Waals surface area contributed by atoms with Crippen LogP contribution in [0.4, 0.5) is 11.5 Å². The van der Waals surface area contributed by atoms with Crippen LogP contribution in [0, 0.1) is 12.8 Å². The lowest BCUT2D eigenvalue weighted by Crippen LogP contribution is -2.34. The van der Waals surface area contributed by atoms with Gasteiger partial charge in [0.15, 0.2) is 0 Å². The Labute approximate surface area is 288 Å². The van der Waals surface area contributed by atoms with Crippen LogP contribution in [-0.4, -0.2) is 70.4 Å². The summed E-state index contributed by atoms with van der Waals surface area (Å²) in [6.45, 7) is 3.93. The van der Waals surface area contributed by atoms with Crippen molar-refractivity contribution in [3.8, 4) is 45.0 Å². The molecule has 1 aliphatic heterocycles. The van der Waals surface area contributed by atoms with Crippen molar-refractivity contribution in [1.29, 1.82) is 0 Å². The van der Waals surface area contributed by atoms with E-state index in [1.54, 1.807) is 55.0 Å². The third-order valence-corrected chi connectivity index (χ3v) is 8.64. The molecule has 0 saturated carbocycles. The average molecular weight is 643 g/mol. The summed E-state index contributed by atoms with van der Waals surface area (Å²) < 4.78 is 12.2. The van der Waals surface area contributed by atoms with Crippen LogP contribution in [0.15, 0.2) is 72.0 Å². The Morgan fingerprint density at radius 2 is 1.73 bits per heavy atom. The Bertz CT molecular complexity index is 2100. The molecular weight excluding hydrogens is 614 g/mol. The number of ether oxygens (including phenoxy) is 1. The van der Waals surface area contributed by atoms with E-state index in [1.807, 2.05) is 17.6 Å². The van der Waals surface area contributed by atoms with E-state index < -0.39 is 17.1 Å². The van der Waals surface area contributed by atoms with Crippen LogP contribution >= 0.6 is 0 Å². The van der Waals surface area contributed by atoms with E-state index in [-0.39, 0.29) is 39.1 Å². The lowest BCUT2D eigenvalue weighted by Gasteiger charge is -2.23. The predicted molar refractivity (Wildman–Crippen MR) is 194 cm³/mol. The fraction of sp³-hybridized carbons (Fsp3) is 0.200. The molecule has 10 nitrogen and oxygen atoms in total. The molecule has 8 radical (unpaired) electrons. The SMILES string of the molecule is [B]Oc1c([B])c(-c2cnc(N)c(-c3ccc(NC(=O)c4cn(CC5CCOCC5)cc(-c5ccc(C)cn5)c4=O)cc3)c2)c([B])c([B])c1O. The molecule has 6 rings (SSSR count). The monoisotopic (exact) mass is 643 g/mol. The van der Waals surface area contributed by atoms with Crippen molar-refractivity contribution in [2.45, 2.75) is 26.3 Å². The van der Waals surface area contributed by atoms with Gasteiger partial charge in [-0.3, -0.25) is 14.6 Å². The number of pyridine rings is 3. The van der Waals surface area contributed by atoms with Gasteiger partial charge in [0.05, 0.1) is 11.3 Å². The van der Waals surface area contributed by atoms with Crippen molar-refractivity contribution in [3.05, 3.63) is 88.6 Å². The number of amides is 1. The summed E-state index contributed by atoms with van der Waals surface area (Å²) in [5.74, 6) is -0.680. The van der Waals surface area contributed by atoms with Gasteiger partial charge in [-0.05, 0) is 77.7 Å². The standard InChI is InChI=1S/C35H29B4N5O5/c1-18-2-7-26(41-13-18)24-16-44(15-19-8-10-48-11-9-19)17-25(31(24)45)35(47)43-22-5-3-20(4-6-22)23-12-21(14-42-34(23)40)27-28(36)30(38)32(46)33(49-39)29(27)37/h2-7,12-14,16-17,19,46H,8-11,15H2,1H3,(H2,40,42)(H,43,47). The minimum Gasteiger partial charge on any atom is -0.566 e. The maximum absolute atomic E-state index is 13.7. The molecule has 1 aliphatic rings. The number of rotatable bonds is 8. The molecule has 0 aliphatic carbocycles. The smallest absolute Gasteiger partial charge is 0.374 e. The molecule has 0 bridgehead atoms. The van der Waals surface area contributed by atoms with E-state index in [9.17, 15) is 14.7 Å². The first-order valence-corrected chi connectivity index (χ1v) is 15.5. The summed E-state index contributed by atoms with van der Waals surface area (Å²) in [6, 6.07) is 12.2. The summed E-state index contributed by atoms with van der Waals surface area (Å²) in [4.78, 5) is 36.1. The number of nitrogens with zero attached hydrogens (tertiary/aromatic N) is 3. The molecule has 1 amide bonds. The number of aromatic hydroxyl groups is 1. The summed E-state index contributed by atoms with van der Waals surface area (Å²) in [5, 5.41) is 13.1. The van der Waals surface area contributed by atoms with Gasteiger partial charge in [0.1, 0.15) is 46.4 Å². The number of carbonyl (C=O) groups is 1. The Morgan fingerprint density at radius 3 is 2.41 bits per heavy atom. The van der Waals surface area contributed by atoms with Crippen LogP contribution in [0.25, 0.3) is 33.5 Å². The zero-order valence-electron chi connectivity index (χ0n) is 26.8. The number of hydrogen-bond donors (Lipinski definition) is 3. The zero-order valence-corrected chi connectivity index (χ0v) is 26.8. The van der Waals surface area contributed by atoms with Crippen molar-refractivity contribution in [3.63, 3.8) is 0 Å². The Kier molecular flexibility index (Phi) is 9.69. The third kappa shape index (κ3) is 6.87. The Balaban J connectivity index is 1.30. The van der Waals surface area contributed by atoms with Crippen LogP contribution in [0.2, 0.25) is 0 Å². The number of nitrogen functional groups attached to an aromatic ring is 1. The number of carbonyl (C=O) groups excluding carboxylic acids is 1. The molecule has 14 heteroatoms. The minimum absolute atomic E-state index is 0.00123. The highest BCUT2D eigenvalue weighted by Crippen LogP contribution is 2.31. The number of aryl methyl sites for hydroxylation is 1. The minimum atomic E-state index is -0.551. The number of phenols is 1. The van der Waals surface area contributed by atoms with Gasteiger partial charge in [-0.2, -0.15) is 0 Å². The molecule has 2 aromatic carbocycles. The van der Waals surface area contributed by atoms with E-state index in [0.29, 0.717) is 59.3 Å². The summed E-state index contributed by atoms with van der Waals surface area (Å²) >= 11 is 0. The lowest BCUT2D eigenvalue weighted by atomic mass is 9.70. The number of phenolic OH excluding ortho intramolecular Hbond substituents is 1. The molecule has 1 fully saturated rings. The van der Waals surface area contributed by atoms with Gasteiger partial charge in [0.25, 0.3) is 5.91 Å². The first-order valence-electron chi connectivity index (χ1n) is 15.5. The molecule has 3 aromatic heterocycles. The summed E-state index contributed by atoms with van der Waals surface area (Å²) in [5.41, 5.74) is 9.82. The second-order valence-corrected chi connectivity index (χ2v) is 12.0. The maximum Gasteiger partial charge on any atom is 0.374 e. The van der Waals surface area contributed by atoms with Crippen molar-refractivity contribution in [2.75, 3.05) is 24.3 Å². The number of hydrogen-bond acceptors (Lipinski definition) is 8. The average Bonchev–Trinajstić information content (AvgIpc) is 3.10. The number of nitrogens with one attached hydrogen (secondary N) is 1. The molecule has 4 heterocycles. The fourth-order valence-electron chi connectivity index (χ4n) is 5.91. The zero-order chi connectivity index (χ0) is 34.8. The van der Waals surface area contributed by atoms with Gasteiger partial charge in [-0.15, -0.1) is 0 Å². The summed E-state index contributed by atoms with van der Waals surface area (Å²) in [6.07, 6.45) is 8.32. The van der Waals surface area contributed by atoms with Crippen LogP contribution in [0.1, 0.15) is 28.8 Å². The largest absolute Gasteiger partial charge is 0.566 e.